The molecule has 0 bridgehead atoms. The number of nitrogens with two attached hydrogens (primary N) is 1. The van der Waals surface area contributed by atoms with Crippen molar-refractivity contribution >= 4 is 17.8 Å². The molecule has 0 atom stereocenters. The fraction of sp³-hybridized carbons (Fsp3) is 0.238. The third kappa shape index (κ3) is 3.09. The Balaban J connectivity index is 1.27. The second-order valence-electron chi connectivity index (χ2n) is 7.45. The molecule has 0 fully saturated rings. The molecule has 2 aliphatic rings. The van der Waals surface area contributed by atoms with Crippen molar-refractivity contribution in [2.24, 2.45) is 0 Å². The number of amides is 2. The highest BCUT2D eigenvalue weighted by molar-refractivity contribution is 6.21. The Kier molecular flexibility index (Phi) is 4.25. The number of nitrogens with zero attached hydrogens (tertiary/aromatic N) is 3. The van der Waals surface area contributed by atoms with Crippen LogP contribution in [-0.2, 0) is 26.1 Å². The second kappa shape index (κ2) is 6.96. The van der Waals surface area contributed by atoms with Gasteiger partial charge in [-0.15, -0.1) is 0 Å². The minimum absolute atomic E-state index is 0.0814. The van der Waals surface area contributed by atoms with Crippen LogP contribution in [0.25, 0.3) is 0 Å². The van der Waals surface area contributed by atoms with Gasteiger partial charge in [0.2, 0.25) is 5.95 Å². The molecule has 3 aromatic rings. The van der Waals surface area contributed by atoms with Gasteiger partial charge in [0, 0.05) is 19.5 Å². The number of aromatic nitrogens is 2. The Morgan fingerprint density at radius 2 is 1.67 bits per heavy atom. The van der Waals surface area contributed by atoms with E-state index in [0.29, 0.717) is 47.7 Å². The van der Waals surface area contributed by atoms with Gasteiger partial charge in [-0.25, -0.2) is 4.98 Å². The summed E-state index contributed by atoms with van der Waals surface area (Å²) < 4.78 is 5.87. The number of benzene rings is 1. The molecule has 0 radical (unpaired) electrons. The van der Waals surface area contributed by atoms with Gasteiger partial charge in [-0.2, -0.15) is 0 Å². The van der Waals surface area contributed by atoms with E-state index >= 15 is 0 Å². The number of hydrogen-bond donors (Lipinski definition) is 2. The third-order valence-corrected chi connectivity index (χ3v) is 5.45. The maximum Gasteiger partial charge on any atom is 0.261 e. The molecule has 0 saturated heterocycles. The van der Waals surface area contributed by atoms with Gasteiger partial charge in [0.05, 0.1) is 35.5 Å². The number of carbonyl (C=O) groups excluding carboxylic acids is 2. The molecular formula is C21H19N5O4. The van der Waals surface area contributed by atoms with Gasteiger partial charge in [0.15, 0.2) is 0 Å². The summed E-state index contributed by atoms with van der Waals surface area (Å²) in [4.78, 5) is 47.2. The maximum atomic E-state index is 12.5. The van der Waals surface area contributed by atoms with E-state index in [1.165, 1.54) is 4.90 Å². The first-order valence-electron chi connectivity index (χ1n) is 9.62. The molecule has 0 aliphatic carbocycles. The number of fused-ring (bicyclic) bond motifs is 2. The van der Waals surface area contributed by atoms with Gasteiger partial charge in [-0.3, -0.25) is 29.2 Å². The number of nitrogens with one attached hydrogen (secondary N) is 1. The zero-order valence-electron chi connectivity index (χ0n) is 16.1. The van der Waals surface area contributed by atoms with Crippen LogP contribution >= 0.6 is 0 Å². The van der Waals surface area contributed by atoms with E-state index in [1.54, 1.807) is 30.3 Å². The number of hydrogen-bond acceptors (Lipinski definition) is 7. The summed E-state index contributed by atoms with van der Waals surface area (Å²) in [5.74, 6) is 0.740. The average molecular weight is 405 g/mol. The van der Waals surface area contributed by atoms with Crippen molar-refractivity contribution < 1.29 is 14.0 Å². The van der Waals surface area contributed by atoms with Crippen molar-refractivity contribution in [2.45, 2.75) is 26.1 Å². The largest absolute Gasteiger partial charge is 0.463 e. The average Bonchev–Trinajstić information content (AvgIpc) is 3.27. The highest BCUT2D eigenvalue weighted by atomic mass is 16.3. The molecule has 4 heterocycles. The highest BCUT2D eigenvalue weighted by Gasteiger charge is 2.35. The summed E-state index contributed by atoms with van der Waals surface area (Å²) in [5, 5.41) is 0. The first kappa shape index (κ1) is 18.3. The van der Waals surface area contributed by atoms with Crippen molar-refractivity contribution in [1.82, 2.24) is 19.8 Å². The van der Waals surface area contributed by atoms with Crippen LogP contribution in [0.3, 0.4) is 0 Å². The molecule has 9 nitrogen and oxygen atoms in total. The van der Waals surface area contributed by atoms with Crippen molar-refractivity contribution in [2.75, 3.05) is 12.3 Å². The quantitative estimate of drug-likeness (QED) is 0.627. The summed E-state index contributed by atoms with van der Waals surface area (Å²) in [6, 6.07) is 10.4. The lowest BCUT2D eigenvalue weighted by molar-refractivity contribution is 0.0630. The van der Waals surface area contributed by atoms with Gasteiger partial charge in [0.25, 0.3) is 17.4 Å². The van der Waals surface area contributed by atoms with Gasteiger partial charge in [0.1, 0.15) is 11.5 Å². The van der Waals surface area contributed by atoms with E-state index < -0.39 is 0 Å². The van der Waals surface area contributed by atoms with Crippen LogP contribution in [0.5, 0.6) is 0 Å². The van der Waals surface area contributed by atoms with Gasteiger partial charge in [-0.05, 0) is 24.3 Å². The lowest BCUT2D eigenvalue weighted by Crippen LogP contribution is -2.35. The lowest BCUT2D eigenvalue weighted by Gasteiger charge is -2.26. The Morgan fingerprint density at radius 1 is 1.00 bits per heavy atom. The minimum atomic E-state index is -0.313. The molecular weight excluding hydrogens is 386 g/mol. The molecule has 0 saturated carbocycles. The monoisotopic (exact) mass is 405 g/mol. The zero-order valence-corrected chi connectivity index (χ0v) is 16.1. The standard InChI is InChI=1S/C21H19N5O4/c22-21-23-17-7-8-25(11-16(17)18(27)24-21)9-12-5-6-13(30-12)10-26-19(28)14-3-1-2-4-15(14)20(26)29/h1-6H,7-11H2,(H3,22,23,24,27). The number of nitrogen functional groups attached to an aromatic ring is 1. The third-order valence-electron chi connectivity index (χ3n) is 5.45. The van der Waals surface area contributed by atoms with Gasteiger partial charge in [-0.1, -0.05) is 12.1 Å². The first-order valence-corrected chi connectivity index (χ1v) is 9.62. The van der Waals surface area contributed by atoms with Crippen molar-refractivity contribution in [1.29, 1.82) is 0 Å². The number of aromatic amines is 1. The van der Waals surface area contributed by atoms with Crippen molar-refractivity contribution in [3.8, 4) is 0 Å². The van der Waals surface area contributed by atoms with E-state index in [1.807, 2.05) is 6.07 Å². The summed E-state index contributed by atoms with van der Waals surface area (Å²) in [6.45, 7) is 1.76. The number of anilines is 1. The van der Waals surface area contributed by atoms with E-state index in [9.17, 15) is 14.4 Å². The first-order chi connectivity index (χ1) is 14.5. The summed E-state index contributed by atoms with van der Waals surface area (Å²) in [5.41, 5.74) is 7.58. The Labute approximate surface area is 171 Å². The molecule has 9 heteroatoms. The number of furan rings is 1. The normalized spacial score (nSPS) is 16.1. The molecule has 30 heavy (non-hydrogen) atoms. The number of imide groups is 1. The molecule has 1 aromatic carbocycles. The number of carbonyl (C=O) groups is 2. The molecule has 0 spiro atoms. The van der Waals surface area contributed by atoms with E-state index in [-0.39, 0.29) is 29.9 Å². The van der Waals surface area contributed by atoms with Crippen LogP contribution in [-0.4, -0.2) is 38.1 Å². The van der Waals surface area contributed by atoms with Crippen LogP contribution in [0.4, 0.5) is 5.95 Å². The van der Waals surface area contributed by atoms with Crippen LogP contribution in [0.1, 0.15) is 43.5 Å². The fourth-order valence-corrected chi connectivity index (χ4v) is 3.99. The second-order valence-corrected chi connectivity index (χ2v) is 7.45. The van der Waals surface area contributed by atoms with E-state index in [0.717, 1.165) is 12.2 Å². The zero-order chi connectivity index (χ0) is 20.8. The SMILES string of the molecule is Nc1nc2c(c(=O)[nH]1)CN(Cc1ccc(CN3C(=O)c4ccccc4C3=O)o1)CC2. The number of H-pyrrole nitrogens is 1. The van der Waals surface area contributed by atoms with E-state index in [2.05, 4.69) is 14.9 Å². The summed E-state index contributed by atoms with van der Waals surface area (Å²) in [6.07, 6.45) is 0.631. The summed E-state index contributed by atoms with van der Waals surface area (Å²) in [7, 11) is 0. The van der Waals surface area contributed by atoms with Crippen molar-refractivity contribution in [3.05, 3.63) is 80.7 Å². The van der Waals surface area contributed by atoms with Crippen LogP contribution in [0.2, 0.25) is 0 Å². The van der Waals surface area contributed by atoms with Crippen LogP contribution < -0.4 is 11.3 Å². The van der Waals surface area contributed by atoms with Gasteiger partial charge >= 0.3 is 0 Å². The molecule has 152 valence electrons. The lowest BCUT2D eigenvalue weighted by atomic mass is 10.1. The van der Waals surface area contributed by atoms with E-state index in [4.69, 9.17) is 10.2 Å². The van der Waals surface area contributed by atoms with Gasteiger partial charge < -0.3 is 10.2 Å². The molecule has 3 N–H and O–H groups in total. The predicted molar refractivity (Wildman–Crippen MR) is 106 cm³/mol. The smallest absolute Gasteiger partial charge is 0.261 e. The van der Waals surface area contributed by atoms with Crippen LogP contribution in [0, 0.1) is 0 Å². The molecule has 2 aliphatic heterocycles. The van der Waals surface area contributed by atoms with Crippen molar-refractivity contribution in [3.63, 3.8) is 0 Å². The highest BCUT2D eigenvalue weighted by Crippen LogP contribution is 2.25. The Bertz CT molecular complexity index is 1190. The molecule has 2 aromatic heterocycles. The fourth-order valence-electron chi connectivity index (χ4n) is 3.99. The topological polar surface area (TPSA) is 126 Å². The van der Waals surface area contributed by atoms with Crippen LogP contribution in [0.15, 0.2) is 45.6 Å². The maximum absolute atomic E-state index is 12.5. The number of rotatable bonds is 4. The Morgan fingerprint density at radius 3 is 2.37 bits per heavy atom. The molecule has 2 amide bonds. The molecule has 5 rings (SSSR count). The minimum Gasteiger partial charge on any atom is -0.463 e. The Hall–Kier alpha value is -3.72. The summed E-state index contributed by atoms with van der Waals surface area (Å²) >= 11 is 0. The predicted octanol–water partition coefficient (Wildman–Crippen LogP) is 1.30. The molecule has 0 unspecified atom stereocenters.